The van der Waals surface area contributed by atoms with Crippen molar-refractivity contribution in [1.82, 2.24) is 15.1 Å². The molecule has 0 bridgehead atoms. The van der Waals surface area contributed by atoms with E-state index in [2.05, 4.69) is 5.32 Å². The number of amides is 3. The third-order valence-corrected chi connectivity index (χ3v) is 5.21. The Labute approximate surface area is 178 Å². The van der Waals surface area contributed by atoms with Crippen LogP contribution in [0.3, 0.4) is 0 Å². The number of hydrogen-bond acceptors (Lipinski definition) is 5. The van der Waals surface area contributed by atoms with Crippen molar-refractivity contribution < 1.29 is 23.9 Å². The highest BCUT2D eigenvalue weighted by Crippen LogP contribution is 2.14. The van der Waals surface area contributed by atoms with E-state index < -0.39 is 12.1 Å². The number of ether oxygens (including phenoxy) is 2. The van der Waals surface area contributed by atoms with E-state index in [0.717, 1.165) is 11.3 Å². The molecule has 8 heteroatoms. The van der Waals surface area contributed by atoms with Gasteiger partial charge in [0.15, 0.2) is 0 Å². The largest absolute Gasteiger partial charge is 0.497 e. The lowest BCUT2D eigenvalue weighted by Gasteiger charge is -2.37. The lowest BCUT2D eigenvalue weighted by molar-refractivity contribution is -0.141. The standard InChI is InChI=1S/C22H33N3O5/c1-5-30-22(28)23-20(16(2)3)21(27)25-14-12-24(13-15-25)19(26)11-8-17-6-9-18(29-4)10-7-17/h6-7,9-10,16,20H,5,8,11-15H2,1-4H3,(H,23,28). The number of rotatable bonds is 8. The predicted molar refractivity (Wildman–Crippen MR) is 113 cm³/mol. The minimum absolute atomic E-state index is 0.0638. The van der Waals surface area contributed by atoms with Gasteiger partial charge in [0.25, 0.3) is 0 Å². The molecule has 1 unspecified atom stereocenters. The SMILES string of the molecule is CCOC(=O)NC(C(=O)N1CCN(C(=O)CCc2ccc(OC)cc2)CC1)C(C)C. The van der Waals surface area contributed by atoms with Gasteiger partial charge >= 0.3 is 6.09 Å². The fraction of sp³-hybridized carbons (Fsp3) is 0.591. The van der Waals surface area contributed by atoms with Gasteiger partial charge < -0.3 is 24.6 Å². The molecule has 1 atom stereocenters. The van der Waals surface area contributed by atoms with Gasteiger partial charge in [0.1, 0.15) is 11.8 Å². The lowest BCUT2D eigenvalue weighted by atomic mass is 10.0. The first-order valence-electron chi connectivity index (χ1n) is 10.5. The van der Waals surface area contributed by atoms with Crippen LogP contribution in [0.1, 0.15) is 32.8 Å². The van der Waals surface area contributed by atoms with E-state index in [0.29, 0.717) is 39.0 Å². The molecule has 1 fully saturated rings. The molecule has 0 aromatic heterocycles. The number of carbonyl (C=O) groups excluding carboxylic acids is 3. The lowest BCUT2D eigenvalue weighted by Crippen LogP contribution is -2.57. The molecule has 1 aliphatic heterocycles. The number of nitrogens with one attached hydrogen (secondary N) is 1. The Kier molecular flexibility index (Phi) is 8.95. The number of nitrogens with zero attached hydrogens (tertiary/aromatic N) is 2. The van der Waals surface area contributed by atoms with Crippen molar-refractivity contribution in [3.8, 4) is 5.75 Å². The van der Waals surface area contributed by atoms with Crippen LogP contribution < -0.4 is 10.1 Å². The molecule has 0 radical (unpaired) electrons. The number of hydrogen-bond donors (Lipinski definition) is 1. The van der Waals surface area contributed by atoms with E-state index in [9.17, 15) is 14.4 Å². The second-order valence-corrected chi connectivity index (χ2v) is 7.64. The number of piperazine rings is 1. The molecule has 1 aromatic rings. The zero-order valence-corrected chi connectivity index (χ0v) is 18.3. The maximum Gasteiger partial charge on any atom is 0.407 e. The van der Waals surface area contributed by atoms with Crippen molar-refractivity contribution in [2.75, 3.05) is 39.9 Å². The highest BCUT2D eigenvalue weighted by atomic mass is 16.5. The number of alkyl carbamates (subject to hydrolysis) is 1. The molecule has 0 spiro atoms. The number of benzene rings is 1. The van der Waals surface area contributed by atoms with Crippen LogP contribution in [0.15, 0.2) is 24.3 Å². The van der Waals surface area contributed by atoms with Crippen molar-refractivity contribution >= 4 is 17.9 Å². The molecule has 0 aliphatic carbocycles. The summed E-state index contributed by atoms with van der Waals surface area (Å²) in [6.07, 6.45) is 0.511. The van der Waals surface area contributed by atoms with Crippen LogP contribution in [0, 0.1) is 5.92 Å². The molecule has 1 heterocycles. The van der Waals surface area contributed by atoms with Gasteiger partial charge in [-0.25, -0.2) is 4.79 Å². The molecule has 1 aromatic carbocycles. The average Bonchev–Trinajstić information content (AvgIpc) is 2.75. The van der Waals surface area contributed by atoms with Crippen LogP contribution in [0.4, 0.5) is 4.79 Å². The van der Waals surface area contributed by atoms with Crippen LogP contribution in [-0.2, 0) is 20.7 Å². The van der Waals surface area contributed by atoms with Gasteiger partial charge in [-0.1, -0.05) is 26.0 Å². The fourth-order valence-electron chi connectivity index (χ4n) is 3.39. The van der Waals surface area contributed by atoms with E-state index >= 15 is 0 Å². The Morgan fingerprint density at radius 1 is 1.03 bits per heavy atom. The van der Waals surface area contributed by atoms with Crippen LogP contribution in [0.25, 0.3) is 0 Å². The molecule has 3 amide bonds. The van der Waals surface area contributed by atoms with Gasteiger partial charge in [0.2, 0.25) is 11.8 Å². The number of methoxy groups -OCH3 is 1. The molecular weight excluding hydrogens is 386 g/mol. The second kappa shape index (κ2) is 11.4. The third-order valence-electron chi connectivity index (χ3n) is 5.21. The van der Waals surface area contributed by atoms with Gasteiger partial charge in [-0.2, -0.15) is 0 Å². The predicted octanol–water partition coefficient (Wildman–Crippen LogP) is 2.07. The maximum atomic E-state index is 12.9. The smallest absolute Gasteiger partial charge is 0.407 e. The first kappa shape index (κ1) is 23.5. The zero-order valence-electron chi connectivity index (χ0n) is 18.3. The van der Waals surface area contributed by atoms with Crippen LogP contribution >= 0.6 is 0 Å². The summed E-state index contributed by atoms with van der Waals surface area (Å²) in [4.78, 5) is 40.7. The minimum atomic E-state index is -0.638. The molecule has 30 heavy (non-hydrogen) atoms. The van der Waals surface area contributed by atoms with Gasteiger partial charge in [-0.15, -0.1) is 0 Å². The Bertz CT molecular complexity index is 712. The van der Waals surface area contributed by atoms with Gasteiger partial charge in [-0.3, -0.25) is 9.59 Å². The summed E-state index contributed by atoms with van der Waals surface area (Å²) in [5.74, 6) is 0.681. The first-order valence-corrected chi connectivity index (χ1v) is 10.5. The third kappa shape index (κ3) is 6.64. The molecular formula is C22H33N3O5. The molecule has 1 saturated heterocycles. The van der Waals surface area contributed by atoms with E-state index in [1.54, 1.807) is 23.8 Å². The fourth-order valence-corrected chi connectivity index (χ4v) is 3.39. The number of carbonyl (C=O) groups is 3. The van der Waals surface area contributed by atoms with E-state index in [-0.39, 0.29) is 24.3 Å². The summed E-state index contributed by atoms with van der Waals surface area (Å²) in [5.41, 5.74) is 1.09. The topological polar surface area (TPSA) is 88.2 Å². The quantitative estimate of drug-likeness (QED) is 0.697. The maximum absolute atomic E-state index is 12.9. The second-order valence-electron chi connectivity index (χ2n) is 7.64. The Hall–Kier alpha value is -2.77. The zero-order chi connectivity index (χ0) is 22.1. The van der Waals surface area contributed by atoms with Crippen molar-refractivity contribution in [2.45, 2.75) is 39.7 Å². The Morgan fingerprint density at radius 2 is 1.63 bits per heavy atom. The average molecular weight is 420 g/mol. The van der Waals surface area contributed by atoms with E-state index in [1.165, 1.54) is 0 Å². The highest BCUT2D eigenvalue weighted by molar-refractivity contribution is 5.86. The molecule has 1 aliphatic rings. The van der Waals surface area contributed by atoms with Crippen LogP contribution in [0.2, 0.25) is 0 Å². The summed E-state index contributed by atoms with van der Waals surface area (Å²) in [6.45, 7) is 7.65. The van der Waals surface area contributed by atoms with Gasteiger partial charge in [0.05, 0.1) is 13.7 Å². The highest BCUT2D eigenvalue weighted by Gasteiger charge is 2.31. The Balaban J connectivity index is 1.82. The minimum Gasteiger partial charge on any atom is -0.497 e. The molecule has 8 nitrogen and oxygen atoms in total. The summed E-state index contributed by atoms with van der Waals surface area (Å²) < 4.78 is 10.1. The van der Waals surface area contributed by atoms with Crippen LogP contribution in [-0.4, -0.2) is 73.6 Å². The normalized spacial score (nSPS) is 15.0. The molecule has 1 N–H and O–H groups in total. The van der Waals surface area contributed by atoms with Gasteiger partial charge in [-0.05, 0) is 37.0 Å². The van der Waals surface area contributed by atoms with Crippen molar-refractivity contribution in [3.63, 3.8) is 0 Å². The first-order chi connectivity index (χ1) is 14.3. The molecule has 2 rings (SSSR count). The van der Waals surface area contributed by atoms with E-state index in [1.807, 2.05) is 38.1 Å². The van der Waals surface area contributed by atoms with Crippen LogP contribution in [0.5, 0.6) is 5.75 Å². The summed E-state index contributed by atoms with van der Waals surface area (Å²) >= 11 is 0. The van der Waals surface area contributed by atoms with Crippen molar-refractivity contribution in [3.05, 3.63) is 29.8 Å². The van der Waals surface area contributed by atoms with Crippen molar-refractivity contribution in [1.29, 1.82) is 0 Å². The molecule has 166 valence electrons. The van der Waals surface area contributed by atoms with Crippen molar-refractivity contribution in [2.24, 2.45) is 5.92 Å². The monoisotopic (exact) mass is 419 g/mol. The molecule has 0 saturated carbocycles. The summed E-state index contributed by atoms with van der Waals surface area (Å²) in [6, 6.07) is 7.07. The summed E-state index contributed by atoms with van der Waals surface area (Å²) in [5, 5.41) is 2.65. The summed E-state index contributed by atoms with van der Waals surface area (Å²) in [7, 11) is 1.62. The Morgan fingerprint density at radius 3 is 2.17 bits per heavy atom. The van der Waals surface area contributed by atoms with E-state index in [4.69, 9.17) is 9.47 Å². The van der Waals surface area contributed by atoms with Gasteiger partial charge in [0, 0.05) is 32.6 Å². The number of aryl methyl sites for hydroxylation is 1.